The summed E-state index contributed by atoms with van der Waals surface area (Å²) in [6, 6.07) is 17.0. The first kappa shape index (κ1) is 15.5. The van der Waals surface area contributed by atoms with Gasteiger partial charge in [-0.1, -0.05) is 18.2 Å². The number of nitrogens with one attached hydrogen (secondary N) is 1. The first-order valence-corrected chi connectivity index (χ1v) is 7.67. The number of amides is 1. The van der Waals surface area contributed by atoms with Crippen LogP contribution in [0.1, 0.15) is 0 Å². The summed E-state index contributed by atoms with van der Waals surface area (Å²) in [7, 11) is 1.76. The van der Waals surface area contributed by atoms with Crippen molar-refractivity contribution in [2.75, 3.05) is 31.6 Å². The molecule has 1 aliphatic heterocycles. The summed E-state index contributed by atoms with van der Waals surface area (Å²) in [6.45, 7) is 1.91. The Bertz CT molecular complexity index is 637. The van der Waals surface area contributed by atoms with Crippen molar-refractivity contribution < 1.29 is 14.3 Å². The number of morpholine rings is 1. The van der Waals surface area contributed by atoms with Crippen LogP contribution in [0.3, 0.4) is 0 Å². The zero-order valence-corrected chi connectivity index (χ0v) is 13.1. The number of ether oxygens (including phenoxy) is 2. The Morgan fingerprint density at radius 3 is 2.48 bits per heavy atom. The molecule has 0 saturated carbocycles. The fourth-order valence-electron chi connectivity index (χ4n) is 2.43. The Labute approximate surface area is 135 Å². The summed E-state index contributed by atoms with van der Waals surface area (Å²) in [5, 5.41) is 3.17. The second-order valence-electron chi connectivity index (χ2n) is 5.37. The fraction of sp³-hybridized carbons (Fsp3) is 0.278. The van der Waals surface area contributed by atoms with Crippen molar-refractivity contribution in [1.29, 1.82) is 0 Å². The van der Waals surface area contributed by atoms with Gasteiger partial charge in [0.15, 0.2) is 0 Å². The summed E-state index contributed by atoms with van der Waals surface area (Å²) >= 11 is 0. The van der Waals surface area contributed by atoms with Crippen molar-refractivity contribution in [2.24, 2.45) is 0 Å². The third-order valence-electron chi connectivity index (χ3n) is 3.74. The van der Waals surface area contributed by atoms with Crippen LogP contribution in [0.15, 0.2) is 54.6 Å². The number of likely N-dealkylation sites (N-methyl/N-ethyl adjacent to an activating group) is 1. The van der Waals surface area contributed by atoms with E-state index in [1.165, 1.54) is 0 Å². The molecule has 0 radical (unpaired) electrons. The molecule has 23 heavy (non-hydrogen) atoms. The van der Waals surface area contributed by atoms with Gasteiger partial charge in [-0.15, -0.1) is 0 Å². The van der Waals surface area contributed by atoms with E-state index < -0.39 is 6.10 Å². The van der Waals surface area contributed by atoms with Crippen molar-refractivity contribution in [2.45, 2.75) is 6.10 Å². The lowest BCUT2D eigenvalue weighted by Gasteiger charge is -2.27. The molecular weight excluding hydrogens is 292 g/mol. The Kier molecular flexibility index (Phi) is 4.90. The number of rotatable bonds is 4. The molecule has 1 amide bonds. The largest absolute Gasteiger partial charge is 0.457 e. The van der Waals surface area contributed by atoms with Gasteiger partial charge in [0.1, 0.15) is 17.6 Å². The van der Waals surface area contributed by atoms with Crippen molar-refractivity contribution in [3.8, 4) is 11.5 Å². The van der Waals surface area contributed by atoms with E-state index in [-0.39, 0.29) is 5.91 Å². The SMILES string of the molecule is CN(C(=O)C1CNCCO1)c1ccc(Oc2ccccc2)cc1. The van der Waals surface area contributed by atoms with E-state index in [1.54, 1.807) is 11.9 Å². The van der Waals surface area contributed by atoms with Gasteiger partial charge in [-0.3, -0.25) is 4.79 Å². The average Bonchev–Trinajstić information content (AvgIpc) is 2.63. The molecule has 1 fully saturated rings. The standard InChI is InChI=1S/C18H20N2O3/c1-20(18(21)17-13-19-11-12-22-17)14-7-9-16(10-8-14)23-15-5-3-2-4-6-15/h2-10,17,19H,11-13H2,1H3. The van der Waals surface area contributed by atoms with Gasteiger partial charge in [-0.2, -0.15) is 0 Å². The molecule has 120 valence electrons. The molecule has 1 atom stereocenters. The molecule has 0 aliphatic carbocycles. The topological polar surface area (TPSA) is 50.8 Å². The highest BCUT2D eigenvalue weighted by atomic mass is 16.5. The van der Waals surface area contributed by atoms with E-state index in [1.807, 2.05) is 54.6 Å². The number of para-hydroxylation sites is 1. The van der Waals surface area contributed by atoms with Crippen molar-refractivity contribution in [1.82, 2.24) is 5.32 Å². The third kappa shape index (κ3) is 3.88. The maximum Gasteiger partial charge on any atom is 0.257 e. The van der Waals surface area contributed by atoms with Crippen LogP contribution in [0.2, 0.25) is 0 Å². The highest BCUT2D eigenvalue weighted by molar-refractivity contribution is 5.96. The van der Waals surface area contributed by atoms with Gasteiger partial charge in [0, 0.05) is 25.8 Å². The molecule has 2 aromatic carbocycles. The van der Waals surface area contributed by atoms with Crippen LogP contribution >= 0.6 is 0 Å². The zero-order valence-electron chi connectivity index (χ0n) is 13.1. The number of anilines is 1. The number of carbonyl (C=O) groups excluding carboxylic acids is 1. The molecular formula is C18H20N2O3. The van der Waals surface area contributed by atoms with Crippen molar-refractivity contribution in [3.63, 3.8) is 0 Å². The molecule has 0 bridgehead atoms. The summed E-state index contributed by atoms with van der Waals surface area (Å²) in [6.07, 6.45) is -0.422. The summed E-state index contributed by atoms with van der Waals surface area (Å²) in [5.41, 5.74) is 0.810. The first-order valence-electron chi connectivity index (χ1n) is 7.67. The maximum atomic E-state index is 12.4. The smallest absolute Gasteiger partial charge is 0.257 e. The molecule has 1 heterocycles. The number of benzene rings is 2. The van der Waals surface area contributed by atoms with Gasteiger partial charge >= 0.3 is 0 Å². The lowest BCUT2D eigenvalue weighted by atomic mass is 10.2. The van der Waals surface area contributed by atoms with E-state index in [0.29, 0.717) is 13.2 Å². The van der Waals surface area contributed by atoms with Gasteiger partial charge in [-0.05, 0) is 36.4 Å². The van der Waals surface area contributed by atoms with E-state index >= 15 is 0 Å². The molecule has 5 heteroatoms. The highest BCUT2D eigenvalue weighted by Crippen LogP contribution is 2.24. The van der Waals surface area contributed by atoms with Crippen LogP contribution in [-0.4, -0.2) is 38.8 Å². The highest BCUT2D eigenvalue weighted by Gasteiger charge is 2.25. The predicted molar refractivity (Wildman–Crippen MR) is 89.0 cm³/mol. The molecule has 1 unspecified atom stereocenters. The van der Waals surface area contributed by atoms with E-state index in [4.69, 9.17) is 9.47 Å². The molecule has 0 aromatic heterocycles. The lowest BCUT2D eigenvalue weighted by molar-refractivity contribution is -0.131. The number of hydrogen-bond donors (Lipinski definition) is 1. The van der Waals surface area contributed by atoms with Crippen LogP contribution in [0, 0.1) is 0 Å². The second-order valence-corrected chi connectivity index (χ2v) is 5.37. The predicted octanol–water partition coefficient (Wildman–Crippen LogP) is 2.43. The minimum atomic E-state index is -0.422. The van der Waals surface area contributed by atoms with Crippen LogP contribution in [0.5, 0.6) is 11.5 Å². The van der Waals surface area contributed by atoms with Crippen molar-refractivity contribution >= 4 is 11.6 Å². The Balaban J connectivity index is 1.65. The van der Waals surface area contributed by atoms with E-state index in [9.17, 15) is 4.79 Å². The molecule has 0 spiro atoms. The number of hydrogen-bond acceptors (Lipinski definition) is 4. The lowest BCUT2D eigenvalue weighted by Crippen LogP contribution is -2.48. The molecule has 1 saturated heterocycles. The Morgan fingerprint density at radius 1 is 1.13 bits per heavy atom. The molecule has 5 nitrogen and oxygen atoms in total. The van der Waals surface area contributed by atoms with Crippen LogP contribution in [0.25, 0.3) is 0 Å². The normalized spacial score (nSPS) is 17.5. The Hall–Kier alpha value is -2.37. The van der Waals surface area contributed by atoms with Gasteiger partial charge in [0.25, 0.3) is 5.91 Å². The number of nitrogens with zero attached hydrogens (tertiary/aromatic N) is 1. The van der Waals surface area contributed by atoms with Gasteiger partial charge in [0.05, 0.1) is 6.61 Å². The van der Waals surface area contributed by atoms with E-state index in [0.717, 1.165) is 23.7 Å². The minimum Gasteiger partial charge on any atom is -0.457 e. The number of carbonyl (C=O) groups is 1. The average molecular weight is 312 g/mol. The van der Waals surface area contributed by atoms with Crippen LogP contribution in [-0.2, 0) is 9.53 Å². The zero-order chi connectivity index (χ0) is 16.1. The van der Waals surface area contributed by atoms with Gasteiger partial charge < -0.3 is 19.7 Å². The maximum absolute atomic E-state index is 12.4. The quantitative estimate of drug-likeness (QED) is 0.942. The van der Waals surface area contributed by atoms with E-state index in [2.05, 4.69) is 5.32 Å². The summed E-state index contributed by atoms with van der Waals surface area (Å²) in [4.78, 5) is 14.0. The third-order valence-corrected chi connectivity index (χ3v) is 3.74. The minimum absolute atomic E-state index is 0.0473. The second kappa shape index (κ2) is 7.26. The van der Waals surface area contributed by atoms with Crippen LogP contribution in [0.4, 0.5) is 5.69 Å². The Morgan fingerprint density at radius 2 is 1.83 bits per heavy atom. The molecule has 1 aliphatic rings. The first-order chi connectivity index (χ1) is 11.2. The van der Waals surface area contributed by atoms with Crippen molar-refractivity contribution in [3.05, 3.63) is 54.6 Å². The van der Waals surface area contributed by atoms with Crippen LogP contribution < -0.4 is 15.0 Å². The molecule has 3 rings (SSSR count). The van der Waals surface area contributed by atoms with Gasteiger partial charge in [0.2, 0.25) is 0 Å². The molecule has 1 N–H and O–H groups in total. The molecule has 2 aromatic rings. The fourth-order valence-corrected chi connectivity index (χ4v) is 2.43. The summed E-state index contributed by atoms with van der Waals surface area (Å²) < 4.78 is 11.3. The van der Waals surface area contributed by atoms with Gasteiger partial charge in [-0.25, -0.2) is 0 Å². The monoisotopic (exact) mass is 312 g/mol. The summed E-state index contributed by atoms with van der Waals surface area (Å²) in [5.74, 6) is 1.47.